The van der Waals surface area contributed by atoms with Crippen molar-refractivity contribution >= 4 is 17.6 Å². The van der Waals surface area contributed by atoms with Gasteiger partial charge in [-0.3, -0.25) is 0 Å². The summed E-state index contributed by atoms with van der Waals surface area (Å²) in [4.78, 5) is 0. The molecule has 0 radical (unpaired) electrons. The zero-order chi connectivity index (χ0) is 13.5. The molecule has 104 valence electrons. The van der Waals surface area contributed by atoms with Crippen LogP contribution in [0, 0.1) is 0 Å². The molecule has 1 aromatic carbocycles. The molecule has 0 amide bonds. The Bertz CT molecular complexity index is 416. The van der Waals surface area contributed by atoms with Crippen LogP contribution in [0.3, 0.4) is 0 Å². The van der Waals surface area contributed by atoms with E-state index >= 15 is 0 Å². The van der Waals surface area contributed by atoms with Crippen LogP contribution in [0.2, 0.25) is 0 Å². The lowest BCUT2D eigenvalue weighted by molar-refractivity contribution is 0.307. The largest absolute Gasteiger partial charge is 0.492 e. The topological polar surface area (TPSA) is 79.9 Å². The Morgan fingerprint density at radius 1 is 1.47 bits per heavy atom. The third-order valence-corrected chi connectivity index (χ3v) is 4.15. The zero-order valence-electron chi connectivity index (χ0n) is 10.7. The Labute approximate surface area is 117 Å². The maximum absolute atomic E-state index is 8.56. The van der Waals surface area contributed by atoms with Gasteiger partial charge in [0.05, 0.1) is 0 Å². The van der Waals surface area contributed by atoms with Gasteiger partial charge in [-0.05, 0) is 36.4 Å². The van der Waals surface area contributed by atoms with Crippen LogP contribution in [0.4, 0.5) is 0 Å². The van der Waals surface area contributed by atoms with E-state index < -0.39 is 0 Å². The molecule has 0 aliphatic carbocycles. The summed E-state index contributed by atoms with van der Waals surface area (Å²) in [5, 5.41) is 15.0. The number of ether oxygens (including phenoxy) is 1. The van der Waals surface area contributed by atoms with Crippen molar-refractivity contribution in [1.82, 2.24) is 5.32 Å². The second-order valence-corrected chi connectivity index (χ2v) is 5.52. The maximum Gasteiger partial charge on any atom is 0.170 e. The molecule has 1 saturated heterocycles. The fourth-order valence-corrected chi connectivity index (χ4v) is 3.09. The quantitative estimate of drug-likeness (QED) is 0.240. The summed E-state index contributed by atoms with van der Waals surface area (Å²) in [5.41, 5.74) is 6.16. The summed E-state index contributed by atoms with van der Waals surface area (Å²) in [6, 6.07) is 7.81. The SMILES string of the molecule is N/C(=N/O)c1ccc(OCCNC2CCSC2)cc1. The number of nitrogens with one attached hydrogen (secondary N) is 1. The van der Waals surface area contributed by atoms with Gasteiger partial charge in [-0.2, -0.15) is 11.8 Å². The Morgan fingerprint density at radius 2 is 2.26 bits per heavy atom. The number of oxime groups is 1. The third kappa shape index (κ3) is 4.33. The second kappa shape index (κ2) is 7.25. The summed E-state index contributed by atoms with van der Waals surface area (Å²) in [6.07, 6.45) is 1.25. The molecule has 1 aliphatic heterocycles. The van der Waals surface area contributed by atoms with E-state index in [1.807, 2.05) is 23.9 Å². The molecule has 2 rings (SSSR count). The fraction of sp³-hybridized carbons (Fsp3) is 0.462. The summed E-state index contributed by atoms with van der Waals surface area (Å²) in [6.45, 7) is 1.50. The van der Waals surface area contributed by atoms with Gasteiger partial charge >= 0.3 is 0 Å². The van der Waals surface area contributed by atoms with Crippen LogP contribution in [0.1, 0.15) is 12.0 Å². The average Bonchev–Trinajstić information content (AvgIpc) is 2.96. The third-order valence-electron chi connectivity index (χ3n) is 2.99. The first-order chi connectivity index (χ1) is 9.29. The van der Waals surface area contributed by atoms with Crippen LogP contribution in [0.5, 0.6) is 5.75 Å². The zero-order valence-corrected chi connectivity index (χ0v) is 11.5. The van der Waals surface area contributed by atoms with E-state index in [2.05, 4.69) is 10.5 Å². The van der Waals surface area contributed by atoms with Gasteiger partial charge in [-0.15, -0.1) is 0 Å². The fourth-order valence-electron chi connectivity index (χ4n) is 1.91. The van der Waals surface area contributed by atoms with Crippen LogP contribution in [0.25, 0.3) is 0 Å². The summed E-state index contributed by atoms with van der Waals surface area (Å²) in [7, 11) is 0. The molecule has 0 aromatic heterocycles. The molecular formula is C13H19N3O2S. The highest BCUT2D eigenvalue weighted by molar-refractivity contribution is 7.99. The number of rotatable bonds is 6. The molecule has 0 bridgehead atoms. The van der Waals surface area contributed by atoms with Crippen molar-refractivity contribution in [2.45, 2.75) is 12.5 Å². The average molecular weight is 281 g/mol. The van der Waals surface area contributed by atoms with Crippen LogP contribution in [-0.2, 0) is 0 Å². The molecule has 6 heteroatoms. The standard InChI is InChI=1S/C13H19N3O2S/c14-13(16-17)10-1-3-12(4-2-10)18-7-6-15-11-5-8-19-9-11/h1-4,11,15,17H,5-9H2,(H2,14,16). The Kier molecular flexibility index (Phi) is 5.35. The molecule has 5 nitrogen and oxygen atoms in total. The van der Waals surface area contributed by atoms with E-state index in [0.717, 1.165) is 12.3 Å². The number of nitrogens with two attached hydrogens (primary N) is 1. The minimum atomic E-state index is 0.104. The van der Waals surface area contributed by atoms with E-state index in [4.69, 9.17) is 15.7 Å². The number of hydrogen-bond acceptors (Lipinski definition) is 5. The number of benzene rings is 1. The van der Waals surface area contributed by atoms with Crippen molar-refractivity contribution in [2.75, 3.05) is 24.7 Å². The van der Waals surface area contributed by atoms with E-state index in [1.165, 1.54) is 17.9 Å². The van der Waals surface area contributed by atoms with Crippen molar-refractivity contribution in [3.05, 3.63) is 29.8 Å². The van der Waals surface area contributed by atoms with Crippen LogP contribution >= 0.6 is 11.8 Å². The predicted molar refractivity (Wildman–Crippen MR) is 78.2 cm³/mol. The first-order valence-electron chi connectivity index (χ1n) is 6.31. The summed E-state index contributed by atoms with van der Waals surface area (Å²) >= 11 is 2.00. The van der Waals surface area contributed by atoms with Gasteiger partial charge in [-0.25, -0.2) is 0 Å². The molecule has 4 N–H and O–H groups in total. The monoisotopic (exact) mass is 281 g/mol. The normalized spacial score (nSPS) is 19.6. The number of thioether (sulfide) groups is 1. The lowest BCUT2D eigenvalue weighted by Crippen LogP contribution is -2.32. The first kappa shape index (κ1) is 14.0. The molecule has 1 atom stereocenters. The molecule has 1 unspecified atom stereocenters. The molecule has 19 heavy (non-hydrogen) atoms. The molecule has 1 heterocycles. The minimum Gasteiger partial charge on any atom is -0.492 e. The molecule has 1 fully saturated rings. The molecular weight excluding hydrogens is 262 g/mol. The lowest BCUT2D eigenvalue weighted by atomic mass is 10.2. The van der Waals surface area contributed by atoms with E-state index in [9.17, 15) is 0 Å². The Morgan fingerprint density at radius 3 is 2.89 bits per heavy atom. The molecule has 0 saturated carbocycles. The predicted octanol–water partition coefficient (Wildman–Crippen LogP) is 1.25. The van der Waals surface area contributed by atoms with Gasteiger partial charge in [0.15, 0.2) is 5.84 Å². The molecule has 1 aliphatic rings. The van der Waals surface area contributed by atoms with Crippen molar-refractivity contribution in [3.8, 4) is 5.75 Å². The Balaban J connectivity index is 1.70. The smallest absolute Gasteiger partial charge is 0.170 e. The van der Waals surface area contributed by atoms with Gasteiger partial charge in [0.25, 0.3) is 0 Å². The summed E-state index contributed by atoms with van der Waals surface area (Å²) in [5.74, 6) is 3.35. The van der Waals surface area contributed by atoms with E-state index in [-0.39, 0.29) is 5.84 Å². The Hall–Kier alpha value is -1.40. The van der Waals surface area contributed by atoms with Crippen molar-refractivity contribution in [3.63, 3.8) is 0 Å². The number of hydrogen-bond donors (Lipinski definition) is 3. The van der Waals surface area contributed by atoms with Gasteiger partial charge in [0.1, 0.15) is 12.4 Å². The van der Waals surface area contributed by atoms with Crippen LogP contribution in [0.15, 0.2) is 29.4 Å². The summed E-state index contributed by atoms with van der Waals surface area (Å²) < 4.78 is 5.62. The number of amidine groups is 1. The van der Waals surface area contributed by atoms with Crippen LogP contribution in [-0.4, -0.2) is 41.7 Å². The van der Waals surface area contributed by atoms with Crippen molar-refractivity contribution in [2.24, 2.45) is 10.9 Å². The number of nitrogens with zero attached hydrogens (tertiary/aromatic N) is 1. The van der Waals surface area contributed by atoms with E-state index in [0.29, 0.717) is 18.2 Å². The highest BCUT2D eigenvalue weighted by Crippen LogP contribution is 2.16. The second-order valence-electron chi connectivity index (χ2n) is 4.37. The van der Waals surface area contributed by atoms with Crippen LogP contribution < -0.4 is 15.8 Å². The van der Waals surface area contributed by atoms with E-state index in [1.54, 1.807) is 12.1 Å². The highest BCUT2D eigenvalue weighted by Gasteiger charge is 2.13. The molecule has 0 spiro atoms. The van der Waals surface area contributed by atoms with Gasteiger partial charge in [-0.1, -0.05) is 5.16 Å². The minimum absolute atomic E-state index is 0.104. The lowest BCUT2D eigenvalue weighted by Gasteiger charge is -2.12. The van der Waals surface area contributed by atoms with Crippen molar-refractivity contribution in [1.29, 1.82) is 0 Å². The highest BCUT2D eigenvalue weighted by atomic mass is 32.2. The first-order valence-corrected chi connectivity index (χ1v) is 7.47. The van der Waals surface area contributed by atoms with Gasteiger partial charge in [0.2, 0.25) is 0 Å². The molecule has 1 aromatic rings. The van der Waals surface area contributed by atoms with Gasteiger partial charge < -0.3 is 21.0 Å². The van der Waals surface area contributed by atoms with Crippen molar-refractivity contribution < 1.29 is 9.94 Å². The maximum atomic E-state index is 8.56. The van der Waals surface area contributed by atoms with Gasteiger partial charge in [0, 0.05) is 23.9 Å².